The minimum atomic E-state index is -4.50. The van der Waals surface area contributed by atoms with E-state index in [0.717, 1.165) is 16.8 Å². The van der Waals surface area contributed by atoms with E-state index in [1.54, 1.807) is 12.1 Å². The van der Waals surface area contributed by atoms with Gasteiger partial charge in [0.1, 0.15) is 17.4 Å². The van der Waals surface area contributed by atoms with Gasteiger partial charge >= 0.3 is 6.18 Å². The molecule has 0 bridgehead atoms. The minimum absolute atomic E-state index is 0.0887. The summed E-state index contributed by atoms with van der Waals surface area (Å²) in [6.45, 7) is -0.518. The number of carbonyl (C=O) groups excluding carboxylic acids is 1. The molecule has 2 aromatic carbocycles. The monoisotopic (exact) mass is 376 g/mol. The Morgan fingerprint density at radius 1 is 1.23 bits per heavy atom. The summed E-state index contributed by atoms with van der Waals surface area (Å²) in [5, 5.41) is 9.65. The predicted molar refractivity (Wildman–Crippen MR) is 89.9 cm³/mol. The molecule has 0 saturated heterocycles. The van der Waals surface area contributed by atoms with Gasteiger partial charge in [-0.2, -0.15) is 18.4 Å². The number of hydrogen-bond acceptors (Lipinski definition) is 5. The molecule has 3 aromatic rings. The number of rotatable bonds is 5. The van der Waals surface area contributed by atoms with Crippen LogP contribution >= 0.6 is 11.3 Å². The van der Waals surface area contributed by atoms with Gasteiger partial charge in [0.2, 0.25) is 0 Å². The largest absolute Gasteiger partial charge is 0.486 e. The Bertz CT molecular complexity index is 959. The van der Waals surface area contributed by atoms with Crippen LogP contribution < -0.4 is 4.74 Å². The van der Waals surface area contributed by atoms with Crippen molar-refractivity contribution in [1.29, 1.82) is 5.26 Å². The normalized spacial score (nSPS) is 12.5. The molecule has 0 aliphatic carbocycles. The minimum Gasteiger partial charge on any atom is -0.486 e. The van der Waals surface area contributed by atoms with Crippen LogP contribution in [0.4, 0.5) is 13.2 Å². The third kappa shape index (κ3) is 3.83. The molecule has 1 aromatic heterocycles. The lowest BCUT2D eigenvalue weighted by atomic mass is 10.1. The molecule has 0 unspecified atom stereocenters. The van der Waals surface area contributed by atoms with E-state index in [0.29, 0.717) is 10.5 Å². The molecule has 8 heteroatoms. The van der Waals surface area contributed by atoms with Crippen LogP contribution in [0.5, 0.6) is 5.75 Å². The lowest BCUT2D eigenvalue weighted by Gasteiger charge is -2.10. The number of hydrogen-bond donors (Lipinski definition) is 0. The number of aromatic nitrogens is 1. The molecule has 132 valence electrons. The maximum absolute atomic E-state index is 12.7. The fraction of sp³-hybridized carbons (Fsp3) is 0.167. The van der Waals surface area contributed by atoms with Crippen LogP contribution in [0.25, 0.3) is 10.2 Å². The van der Waals surface area contributed by atoms with E-state index in [1.165, 1.54) is 23.5 Å². The highest BCUT2D eigenvalue weighted by Gasteiger charge is 2.31. The van der Waals surface area contributed by atoms with E-state index < -0.39 is 30.0 Å². The molecule has 3 rings (SSSR count). The van der Waals surface area contributed by atoms with Crippen molar-refractivity contribution in [3.63, 3.8) is 0 Å². The van der Waals surface area contributed by atoms with Crippen molar-refractivity contribution < 1.29 is 22.7 Å². The van der Waals surface area contributed by atoms with E-state index in [1.807, 2.05) is 18.2 Å². The van der Waals surface area contributed by atoms with Gasteiger partial charge in [0.25, 0.3) is 0 Å². The number of nitrogens with zero attached hydrogens (tertiary/aromatic N) is 2. The van der Waals surface area contributed by atoms with Crippen LogP contribution in [0.2, 0.25) is 0 Å². The third-order valence-corrected chi connectivity index (χ3v) is 4.65. The summed E-state index contributed by atoms with van der Waals surface area (Å²) in [4.78, 5) is 16.6. The maximum Gasteiger partial charge on any atom is 0.416 e. The quantitative estimate of drug-likeness (QED) is 0.654. The molecule has 0 aliphatic rings. The highest BCUT2D eigenvalue weighted by molar-refractivity contribution is 7.18. The van der Waals surface area contributed by atoms with E-state index >= 15 is 0 Å². The summed E-state index contributed by atoms with van der Waals surface area (Å²) < 4.78 is 44.1. The summed E-state index contributed by atoms with van der Waals surface area (Å²) in [5.41, 5.74) is -0.190. The Morgan fingerprint density at radius 2 is 2.00 bits per heavy atom. The van der Waals surface area contributed by atoms with Gasteiger partial charge in [-0.3, -0.25) is 4.79 Å². The molecule has 4 nitrogen and oxygen atoms in total. The topological polar surface area (TPSA) is 63.0 Å². The Balaban J connectivity index is 1.73. The summed E-state index contributed by atoms with van der Waals surface area (Å²) >= 11 is 1.23. The molecule has 0 fully saturated rings. The fourth-order valence-electron chi connectivity index (χ4n) is 2.28. The SMILES string of the molecule is N#C[C@@H](C(=O)COc1cccc(C(F)(F)F)c1)c1nc2ccccc2s1. The molecule has 0 aliphatic heterocycles. The number of ketones is 1. The molecule has 0 N–H and O–H groups in total. The first-order chi connectivity index (χ1) is 12.4. The second-order valence-corrected chi connectivity index (χ2v) is 6.42. The zero-order valence-electron chi connectivity index (χ0n) is 13.2. The summed E-state index contributed by atoms with van der Waals surface area (Å²) in [6, 6.07) is 13.3. The lowest BCUT2D eigenvalue weighted by Crippen LogP contribution is -2.19. The number of nitriles is 1. The second-order valence-electron chi connectivity index (χ2n) is 5.36. The first-order valence-corrected chi connectivity index (χ1v) is 8.28. The molecule has 0 amide bonds. The zero-order valence-corrected chi connectivity index (χ0v) is 14.0. The molecular formula is C18H11F3N2O2S. The van der Waals surface area contributed by atoms with Gasteiger partial charge in [0, 0.05) is 0 Å². The van der Waals surface area contributed by atoms with Gasteiger partial charge in [-0.15, -0.1) is 11.3 Å². The first-order valence-electron chi connectivity index (χ1n) is 7.46. The zero-order chi connectivity index (χ0) is 18.7. The average Bonchev–Trinajstić information content (AvgIpc) is 3.03. The highest BCUT2D eigenvalue weighted by Crippen LogP contribution is 2.32. The smallest absolute Gasteiger partial charge is 0.416 e. The van der Waals surface area contributed by atoms with Crippen LogP contribution in [0.1, 0.15) is 16.5 Å². The number of ether oxygens (including phenoxy) is 1. The summed E-state index contributed by atoms with van der Waals surface area (Å²) in [5.74, 6) is -1.78. The van der Waals surface area contributed by atoms with Crippen molar-refractivity contribution in [2.24, 2.45) is 0 Å². The lowest BCUT2D eigenvalue weighted by molar-refractivity contribution is -0.137. The number of alkyl halides is 3. The molecule has 1 heterocycles. The number of para-hydroxylation sites is 1. The maximum atomic E-state index is 12.7. The van der Waals surface area contributed by atoms with E-state index in [9.17, 15) is 23.2 Å². The van der Waals surface area contributed by atoms with Gasteiger partial charge in [0.05, 0.1) is 21.8 Å². The number of thiazole rings is 1. The van der Waals surface area contributed by atoms with E-state index in [2.05, 4.69) is 4.98 Å². The number of halogens is 3. The van der Waals surface area contributed by atoms with Gasteiger partial charge in [-0.05, 0) is 30.3 Å². The molecular weight excluding hydrogens is 365 g/mol. The number of Topliss-reactive ketones (excluding diaryl/α,β-unsaturated/α-hetero) is 1. The number of fused-ring (bicyclic) bond motifs is 1. The Hall–Kier alpha value is -2.92. The van der Waals surface area contributed by atoms with Crippen LogP contribution in [0.15, 0.2) is 48.5 Å². The van der Waals surface area contributed by atoms with Crippen molar-refractivity contribution >= 4 is 27.3 Å². The second kappa shape index (κ2) is 7.14. The summed E-state index contributed by atoms with van der Waals surface area (Å²) in [7, 11) is 0. The van der Waals surface area contributed by atoms with Crippen molar-refractivity contribution in [3.8, 4) is 11.8 Å². The van der Waals surface area contributed by atoms with Gasteiger partial charge < -0.3 is 4.74 Å². The van der Waals surface area contributed by atoms with Crippen LogP contribution in [-0.2, 0) is 11.0 Å². The average molecular weight is 376 g/mol. The van der Waals surface area contributed by atoms with E-state index in [-0.39, 0.29) is 5.75 Å². The Kier molecular flexibility index (Phi) is 4.91. The van der Waals surface area contributed by atoms with Crippen LogP contribution in [0, 0.1) is 11.3 Å². The Morgan fingerprint density at radius 3 is 2.69 bits per heavy atom. The molecule has 0 spiro atoms. The molecule has 0 radical (unpaired) electrons. The van der Waals surface area contributed by atoms with Crippen LogP contribution in [0.3, 0.4) is 0 Å². The standard InChI is InChI=1S/C18H11F3N2O2S/c19-18(20,21)11-4-3-5-12(8-11)25-10-15(24)13(9-22)17-23-14-6-1-2-7-16(14)26-17/h1-8,13H,10H2/t13-/m0/s1. The first kappa shape index (κ1) is 17.9. The van der Waals surface area contributed by atoms with Gasteiger partial charge in [-0.1, -0.05) is 18.2 Å². The third-order valence-electron chi connectivity index (χ3n) is 3.55. The van der Waals surface area contributed by atoms with Gasteiger partial charge in [-0.25, -0.2) is 4.98 Å². The van der Waals surface area contributed by atoms with Gasteiger partial charge in [0.15, 0.2) is 11.7 Å². The van der Waals surface area contributed by atoms with Crippen molar-refractivity contribution in [3.05, 3.63) is 59.1 Å². The van der Waals surface area contributed by atoms with Crippen molar-refractivity contribution in [2.75, 3.05) is 6.61 Å². The fourth-order valence-corrected chi connectivity index (χ4v) is 3.31. The highest BCUT2D eigenvalue weighted by atomic mass is 32.1. The Labute approximate surface area is 150 Å². The predicted octanol–water partition coefficient (Wildman–Crippen LogP) is 4.57. The van der Waals surface area contributed by atoms with E-state index in [4.69, 9.17) is 4.74 Å². The van der Waals surface area contributed by atoms with Crippen LogP contribution in [-0.4, -0.2) is 17.4 Å². The van der Waals surface area contributed by atoms with Crippen molar-refractivity contribution in [1.82, 2.24) is 4.98 Å². The van der Waals surface area contributed by atoms with Crippen molar-refractivity contribution in [2.45, 2.75) is 12.1 Å². The number of benzene rings is 2. The molecule has 1 atom stereocenters. The molecule has 0 saturated carbocycles. The number of carbonyl (C=O) groups is 1. The summed E-state index contributed by atoms with van der Waals surface area (Å²) in [6.07, 6.45) is -4.50. The molecule has 26 heavy (non-hydrogen) atoms.